The van der Waals surface area contributed by atoms with Gasteiger partial charge in [-0.1, -0.05) is 0 Å². The number of carbonyl (C=O) groups is 1. The Hall–Kier alpha value is -3.40. The van der Waals surface area contributed by atoms with E-state index in [2.05, 4.69) is 35.9 Å². The van der Waals surface area contributed by atoms with Crippen LogP contribution < -0.4 is 20.7 Å². The van der Waals surface area contributed by atoms with Gasteiger partial charge in [0.05, 0.1) is 24.8 Å². The van der Waals surface area contributed by atoms with Gasteiger partial charge in [0.25, 0.3) is 0 Å². The minimum Gasteiger partial charge on any atom is -0.496 e. The normalized spacial score (nSPS) is 11.9. The van der Waals surface area contributed by atoms with Crippen LogP contribution in [0.25, 0.3) is 22.2 Å². The Labute approximate surface area is 168 Å². The number of aromatic nitrogens is 4. The number of ether oxygens (including phenoxy) is 2. The molecular formula is C19H25N7O3. The van der Waals surface area contributed by atoms with E-state index in [0.29, 0.717) is 36.3 Å². The fourth-order valence-electron chi connectivity index (χ4n) is 2.86. The Kier molecular flexibility index (Phi) is 6.45. The number of amides is 2. The molecule has 154 valence electrons. The number of aromatic amines is 1. The molecule has 10 nitrogen and oxygen atoms in total. The second kappa shape index (κ2) is 9.20. The van der Waals surface area contributed by atoms with Gasteiger partial charge in [0, 0.05) is 49.3 Å². The molecule has 1 atom stereocenters. The molecule has 3 rings (SSSR count). The first kappa shape index (κ1) is 20.3. The number of fused-ring (bicyclic) bond motifs is 1. The number of nitrogens with zero attached hydrogens (tertiary/aromatic N) is 3. The Bertz CT molecular complexity index is 972. The number of urea groups is 1. The predicted molar refractivity (Wildman–Crippen MR) is 111 cm³/mol. The van der Waals surface area contributed by atoms with Gasteiger partial charge in [-0.3, -0.25) is 5.32 Å². The van der Waals surface area contributed by atoms with Gasteiger partial charge in [-0.15, -0.1) is 0 Å². The molecule has 29 heavy (non-hydrogen) atoms. The van der Waals surface area contributed by atoms with Crippen molar-refractivity contribution in [2.45, 2.75) is 19.9 Å². The van der Waals surface area contributed by atoms with Gasteiger partial charge < -0.3 is 25.1 Å². The van der Waals surface area contributed by atoms with Crippen LogP contribution >= 0.6 is 0 Å². The molecule has 1 aromatic carbocycles. The summed E-state index contributed by atoms with van der Waals surface area (Å²) in [5, 5.41) is 8.49. The molecule has 4 N–H and O–H groups in total. The van der Waals surface area contributed by atoms with Crippen molar-refractivity contribution in [2.24, 2.45) is 0 Å². The standard InChI is InChI=1S/C19H25N7O3/c1-5-20-19(27)26-18-24-14-6-13(16(29-4)7-15(14)25-18)12-8-21-17(22-9-12)23-11(2)10-28-3/h6-9,11H,5,10H2,1-4H3,(H,21,22,23)(H3,20,24,25,26,27). The highest BCUT2D eigenvalue weighted by Gasteiger charge is 2.13. The lowest BCUT2D eigenvalue weighted by atomic mass is 10.1. The molecule has 0 aliphatic heterocycles. The lowest BCUT2D eigenvalue weighted by Crippen LogP contribution is -2.28. The minimum absolute atomic E-state index is 0.0950. The van der Waals surface area contributed by atoms with Gasteiger partial charge in [0.1, 0.15) is 5.75 Å². The second-order valence-corrected chi connectivity index (χ2v) is 6.44. The molecule has 0 aliphatic carbocycles. The summed E-state index contributed by atoms with van der Waals surface area (Å²) in [6, 6.07) is 3.47. The summed E-state index contributed by atoms with van der Waals surface area (Å²) in [7, 11) is 3.24. The molecule has 1 unspecified atom stereocenters. The first-order valence-electron chi connectivity index (χ1n) is 9.24. The van der Waals surface area contributed by atoms with Crippen molar-refractivity contribution < 1.29 is 14.3 Å². The monoisotopic (exact) mass is 399 g/mol. The molecular weight excluding hydrogens is 374 g/mol. The molecule has 0 spiro atoms. The number of imidazole rings is 1. The molecule has 0 aliphatic rings. The zero-order valence-corrected chi connectivity index (χ0v) is 16.9. The van der Waals surface area contributed by atoms with Gasteiger partial charge in [0.15, 0.2) is 0 Å². The van der Waals surface area contributed by atoms with Crippen LogP contribution in [0.2, 0.25) is 0 Å². The van der Waals surface area contributed by atoms with E-state index in [4.69, 9.17) is 9.47 Å². The van der Waals surface area contributed by atoms with E-state index in [0.717, 1.165) is 16.6 Å². The van der Waals surface area contributed by atoms with E-state index in [1.54, 1.807) is 32.7 Å². The highest BCUT2D eigenvalue weighted by atomic mass is 16.5. The van der Waals surface area contributed by atoms with E-state index in [9.17, 15) is 4.79 Å². The number of anilines is 2. The predicted octanol–water partition coefficient (Wildman–Crippen LogP) is 2.62. The molecule has 0 saturated carbocycles. The number of rotatable bonds is 8. The van der Waals surface area contributed by atoms with Crippen LogP contribution in [0.1, 0.15) is 13.8 Å². The van der Waals surface area contributed by atoms with Crippen LogP contribution in [0, 0.1) is 0 Å². The van der Waals surface area contributed by atoms with Crippen molar-refractivity contribution >= 4 is 29.0 Å². The van der Waals surface area contributed by atoms with Gasteiger partial charge in [-0.05, 0) is 19.9 Å². The summed E-state index contributed by atoms with van der Waals surface area (Å²) in [6.07, 6.45) is 3.45. The number of hydrogen-bond donors (Lipinski definition) is 4. The molecule has 0 radical (unpaired) electrons. The maximum absolute atomic E-state index is 11.7. The van der Waals surface area contributed by atoms with Crippen LogP contribution in [-0.2, 0) is 4.74 Å². The summed E-state index contributed by atoms with van der Waals surface area (Å²) < 4.78 is 10.6. The molecule has 0 fully saturated rings. The number of H-pyrrole nitrogens is 1. The van der Waals surface area contributed by atoms with Gasteiger partial charge >= 0.3 is 6.03 Å². The SMILES string of the molecule is CCNC(=O)Nc1nc2cc(OC)c(-c3cnc(NC(C)COC)nc3)cc2[nH]1. The Morgan fingerprint density at radius 3 is 2.66 bits per heavy atom. The average Bonchev–Trinajstić information content (AvgIpc) is 3.08. The van der Waals surface area contributed by atoms with Crippen molar-refractivity contribution in [3.05, 3.63) is 24.5 Å². The van der Waals surface area contributed by atoms with E-state index >= 15 is 0 Å². The number of carbonyl (C=O) groups excluding carboxylic acids is 1. The number of benzene rings is 1. The first-order chi connectivity index (χ1) is 14.0. The molecule has 2 aromatic heterocycles. The molecule has 2 heterocycles. The highest BCUT2D eigenvalue weighted by molar-refractivity contribution is 5.92. The van der Waals surface area contributed by atoms with Crippen LogP contribution in [-0.4, -0.2) is 59.4 Å². The lowest BCUT2D eigenvalue weighted by Gasteiger charge is -2.13. The van der Waals surface area contributed by atoms with Gasteiger partial charge in [-0.25, -0.2) is 19.7 Å². The summed E-state index contributed by atoms with van der Waals surface area (Å²) in [5.74, 6) is 1.51. The van der Waals surface area contributed by atoms with Crippen molar-refractivity contribution in [3.63, 3.8) is 0 Å². The maximum Gasteiger partial charge on any atom is 0.321 e. The summed E-state index contributed by atoms with van der Waals surface area (Å²) in [4.78, 5) is 27.9. The summed E-state index contributed by atoms with van der Waals surface area (Å²) in [6.45, 7) is 4.92. The zero-order valence-electron chi connectivity index (χ0n) is 16.9. The van der Waals surface area contributed by atoms with E-state index < -0.39 is 0 Å². The molecule has 3 aromatic rings. The fraction of sp³-hybridized carbons (Fsp3) is 0.368. The number of nitrogens with one attached hydrogen (secondary N) is 4. The summed E-state index contributed by atoms with van der Waals surface area (Å²) >= 11 is 0. The molecule has 10 heteroatoms. The first-order valence-corrected chi connectivity index (χ1v) is 9.24. The average molecular weight is 399 g/mol. The topological polar surface area (TPSA) is 126 Å². The van der Waals surface area contributed by atoms with Gasteiger partial charge in [0.2, 0.25) is 11.9 Å². The van der Waals surface area contributed by atoms with E-state index in [1.807, 2.05) is 19.9 Å². The third kappa shape index (κ3) is 4.91. The minimum atomic E-state index is -0.321. The van der Waals surface area contributed by atoms with Crippen molar-refractivity contribution in [1.29, 1.82) is 0 Å². The largest absolute Gasteiger partial charge is 0.496 e. The second-order valence-electron chi connectivity index (χ2n) is 6.44. The van der Waals surface area contributed by atoms with Crippen LogP contribution in [0.4, 0.5) is 16.7 Å². The maximum atomic E-state index is 11.7. The molecule has 2 amide bonds. The molecule has 0 saturated heterocycles. The Balaban J connectivity index is 1.87. The van der Waals surface area contributed by atoms with Crippen LogP contribution in [0.5, 0.6) is 5.75 Å². The van der Waals surface area contributed by atoms with Gasteiger partial charge in [-0.2, -0.15) is 0 Å². The van der Waals surface area contributed by atoms with E-state index in [1.165, 1.54) is 0 Å². The van der Waals surface area contributed by atoms with Crippen LogP contribution in [0.3, 0.4) is 0 Å². The Morgan fingerprint density at radius 1 is 1.24 bits per heavy atom. The third-order valence-corrected chi connectivity index (χ3v) is 4.13. The zero-order chi connectivity index (χ0) is 20.8. The number of hydrogen-bond acceptors (Lipinski definition) is 7. The third-order valence-electron chi connectivity index (χ3n) is 4.13. The lowest BCUT2D eigenvalue weighted by molar-refractivity contribution is 0.190. The van der Waals surface area contributed by atoms with Crippen molar-refractivity contribution in [1.82, 2.24) is 25.3 Å². The fourth-order valence-corrected chi connectivity index (χ4v) is 2.86. The molecule has 0 bridgehead atoms. The highest BCUT2D eigenvalue weighted by Crippen LogP contribution is 2.33. The number of methoxy groups -OCH3 is 2. The van der Waals surface area contributed by atoms with Crippen LogP contribution in [0.15, 0.2) is 24.5 Å². The quantitative estimate of drug-likeness (QED) is 0.459. The van der Waals surface area contributed by atoms with Crippen molar-refractivity contribution in [2.75, 3.05) is 38.0 Å². The smallest absolute Gasteiger partial charge is 0.321 e. The van der Waals surface area contributed by atoms with E-state index in [-0.39, 0.29) is 12.1 Å². The Morgan fingerprint density at radius 2 is 2.00 bits per heavy atom. The van der Waals surface area contributed by atoms with Crippen molar-refractivity contribution in [3.8, 4) is 16.9 Å². The summed E-state index contributed by atoms with van der Waals surface area (Å²) in [5.41, 5.74) is 3.03.